The van der Waals surface area contributed by atoms with Crippen LogP contribution in [0.3, 0.4) is 0 Å². The van der Waals surface area contributed by atoms with Crippen LogP contribution in [0.5, 0.6) is 0 Å². The molecule has 0 fully saturated rings. The predicted octanol–water partition coefficient (Wildman–Crippen LogP) is -3.68. The number of aliphatic hydroxyl groups is 4. The fourth-order valence-electron chi connectivity index (χ4n) is 7.78. The molecule has 2 aliphatic heterocycles. The van der Waals surface area contributed by atoms with Gasteiger partial charge in [0, 0.05) is 59.7 Å². The number of ether oxygens (including phenoxy) is 10. The minimum absolute atomic E-state index is 0.0400. The zero-order valence-corrected chi connectivity index (χ0v) is 45.8. The van der Waals surface area contributed by atoms with Crippen LogP contribution >= 0.6 is 0 Å². The zero-order chi connectivity index (χ0) is 58.9. The summed E-state index contributed by atoms with van der Waals surface area (Å²) in [5.41, 5.74) is 22.2. The summed E-state index contributed by atoms with van der Waals surface area (Å²) in [6.45, 7) is 9.10. The molecule has 2 rings (SSSR count). The number of guanidine groups is 2. The number of nitrogens with two attached hydrogens (primary N) is 4. The van der Waals surface area contributed by atoms with Gasteiger partial charge in [-0.1, -0.05) is 13.8 Å². The average Bonchev–Trinajstić information content (AvgIpc) is 3.41. The summed E-state index contributed by atoms with van der Waals surface area (Å²) >= 11 is 0. The largest absolute Gasteiger partial charge is 0.479 e. The molecule has 15 N–H and O–H groups in total. The monoisotopic (exact) mass is 1140 g/mol. The van der Waals surface area contributed by atoms with E-state index in [0.29, 0.717) is 91.9 Å². The topological polar surface area (TPSA) is 450 Å². The summed E-state index contributed by atoms with van der Waals surface area (Å²) < 4.78 is 56.2. The van der Waals surface area contributed by atoms with E-state index in [1.165, 1.54) is 32.0 Å². The Hall–Kier alpha value is -5.87. The molecule has 0 aromatic heterocycles. The van der Waals surface area contributed by atoms with Gasteiger partial charge in [0.1, 0.15) is 18.3 Å². The van der Waals surface area contributed by atoms with Crippen LogP contribution < -0.4 is 28.3 Å². The fraction of sp³-hybridized carbons (Fsp3) is 0.771. The highest BCUT2D eigenvalue weighted by Gasteiger charge is 2.47. The maximum Gasteiger partial charge on any atom is 0.410 e. The van der Waals surface area contributed by atoms with Crippen molar-refractivity contribution >= 4 is 42.0 Å². The Morgan fingerprint density at radius 3 is 1.44 bits per heavy atom. The van der Waals surface area contributed by atoms with E-state index in [1.807, 2.05) is 6.92 Å². The van der Waals surface area contributed by atoms with Gasteiger partial charge in [0.25, 0.3) is 0 Å². The molecular weight excluding hydrogens is 1050 g/mol. The summed E-state index contributed by atoms with van der Waals surface area (Å²) in [6.07, 6.45) is -7.12. The van der Waals surface area contributed by atoms with E-state index in [9.17, 15) is 54.6 Å². The number of nitrogens with zero attached hydrogens (tertiary/aromatic N) is 5. The van der Waals surface area contributed by atoms with E-state index in [2.05, 4.69) is 20.2 Å². The molecule has 0 radical (unpaired) electrons. The Morgan fingerprint density at radius 1 is 0.608 bits per heavy atom. The molecule has 0 aromatic rings. The second-order valence-corrected chi connectivity index (χ2v) is 18.3. The molecule has 31 heteroatoms. The van der Waals surface area contributed by atoms with Gasteiger partial charge in [0.05, 0.1) is 104 Å². The number of hydrogen-bond donors (Lipinski definition) is 11. The van der Waals surface area contributed by atoms with Crippen molar-refractivity contribution in [2.24, 2.45) is 38.8 Å². The Labute approximate surface area is 459 Å². The highest BCUT2D eigenvalue weighted by Crippen LogP contribution is 2.31. The van der Waals surface area contributed by atoms with Crippen LogP contribution in [0.1, 0.15) is 40.0 Å². The van der Waals surface area contributed by atoms with Gasteiger partial charge < -0.3 is 116 Å². The highest BCUT2D eigenvalue weighted by atomic mass is 16.6. The summed E-state index contributed by atoms with van der Waals surface area (Å²) in [7, 11) is 2.86. The SMILES string of the molecule is CCCOCCOCCOCCOCCN(CCCCN(C)C(=O)O[C@@H]([C@@H]1OC(C(=O)O)=C[C@H](N=C(N)N)[C@H]1NC(C)=O)[C@H](O)CO)CCOCCOCCN(C)C(=O)O[C@@H]([C@@H]1OC(C(=O)O)=C[C@H](N=C(N)N)[C@H]1C)[C@H](O)CO. The van der Waals surface area contributed by atoms with Crippen LogP contribution in [-0.2, 0) is 61.8 Å². The molecule has 0 saturated carbocycles. The third-order valence-corrected chi connectivity index (χ3v) is 11.9. The zero-order valence-electron chi connectivity index (χ0n) is 45.8. The van der Waals surface area contributed by atoms with Gasteiger partial charge in [-0.15, -0.1) is 0 Å². The smallest absolute Gasteiger partial charge is 0.410 e. The molecule has 0 spiro atoms. The Balaban J connectivity index is 1.96. The number of carbonyl (C=O) groups is 5. The number of carbonyl (C=O) groups excluding carboxylic acids is 3. The number of amides is 3. The summed E-state index contributed by atoms with van der Waals surface area (Å²) in [6, 6.07) is -3.36. The molecule has 454 valence electrons. The molecule has 0 unspecified atom stereocenters. The van der Waals surface area contributed by atoms with Gasteiger partial charge in [0.2, 0.25) is 17.4 Å². The standard InChI is InChI=1S/C48H86N10O21/c1-6-14-70-18-22-74-24-25-75-23-21-73-17-13-58(10-8-7-9-56(4)47(68)79-41(35(63)29-60)42-38(53-31(3)61)33(55-46(51)52)27-37(77-42)44(66)67)12-16-72-20-19-71-15-11-57(5)48(69)78-40(34(62)28-59)39-30(2)32(54-45(49)50)26-36(76-39)43(64)65/h26-27,30,32-35,38-42,59-60,62-63H,6-25,28-29H2,1-5H3,(H,53,61)(H,64,65)(H,66,67)(H4,49,50,54)(H4,51,52,55)/t30-,32+,33+,34-,35-,38-,39-,40-,41-,42-/m1/s1. The number of aliphatic carboxylic acids is 2. The number of unbranched alkanes of at least 4 members (excludes halogenated alkanes) is 1. The molecular formula is C48H86N10O21. The Bertz CT molecular complexity index is 1950. The molecule has 0 saturated heterocycles. The quantitative estimate of drug-likeness (QED) is 0.0160. The van der Waals surface area contributed by atoms with Crippen molar-refractivity contribution in [3.8, 4) is 0 Å². The minimum Gasteiger partial charge on any atom is -0.479 e. The van der Waals surface area contributed by atoms with Gasteiger partial charge >= 0.3 is 24.1 Å². The number of rotatable bonds is 41. The van der Waals surface area contributed by atoms with Gasteiger partial charge in [-0.05, 0) is 38.0 Å². The van der Waals surface area contributed by atoms with Crippen molar-refractivity contribution < 1.29 is 102 Å². The van der Waals surface area contributed by atoms with Gasteiger partial charge in [0.15, 0.2) is 30.2 Å². The van der Waals surface area contributed by atoms with E-state index < -0.39 is 121 Å². The number of nitrogens with one attached hydrogen (secondary N) is 1. The van der Waals surface area contributed by atoms with E-state index in [4.69, 9.17) is 70.3 Å². The third-order valence-electron chi connectivity index (χ3n) is 11.9. The first kappa shape index (κ1) is 69.2. The van der Waals surface area contributed by atoms with E-state index in [0.717, 1.165) is 17.4 Å². The molecule has 3 amide bonds. The molecule has 10 atom stereocenters. The summed E-state index contributed by atoms with van der Waals surface area (Å²) in [4.78, 5) is 75.1. The molecule has 31 nitrogen and oxygen atoms in total. The maximum absolute atomic E-state index is 13.5. The molecule has 0 aliphatic carbocycles. The highest BCUT2D eigenvalue weighted by molar-refractivity contribution is 5.86. The van der Waals surface area contributed by atoms with Crippen molar-refractivity contribution in [3.63, 3.8) is 0 Å². The normalized spacial score (nSPS) is 20.4. The van der Waals surface area contributed by atoms with E-state index in [1.54, 1.807) is 6.92 Å². The molecule has 79 heavy (non-hydrogen) atoms. The van der Waals surface area contributed by atoms with Crippen LogP contribution in [0.4, 0.5) is 9.59 Å². The number of likely N-dealkylation sites (N-methyl/N-ethyl adjacent to an activating group) is 1. The van der Waals surface area contributed by atoms with Gasteiger partial charge in [-0.2, -0.15) is 0 Å². The lowest BCUT2D eigenvalue weighted by Crippen LogP contribution is -2.61. The lowest BCUT2D eigenvalue weighted by atomic mass is 9.87. The van der Waals surface area contributed by atoms with Crippen LogP contribution in [-0.4, -0.2) is 281 Å². The minimum atomic E-state index is -1.79. The lowest BCUT2D eigenvalue weighted by Gasteiger charge is -2.40. The van der Waals surface area contributed by atoms with Crippen molar-refractivity contribution in [3.05, 3.63) is 23.7 Å². The van der Waals surface area contributed by atoms with Crippen molar-refractivity contribution in [2.45, 2.75) is 94.8 Å². The Kier molecular flexibility index (Phi) is 33.9. The number of aliphatic hydroxyl groups excluding tert-OH is 4. The Morgan fingerprint density at radius 2 is 1.00 bits per heavy atom. The first-order valence-electron chi connectivity index (χ1n) is 25.9. The van der Waals surface area contributed by atoms with Crippen molar-refractivity contribution in [2.75, 3.05) is 139 Å². The van der Waals surface area contributed by atoms with Crippen molar-refractivity contribution in [1.29, 1.82) is 0 Å². The molecule has 0 bridgehead atoms. The second-order valence-electron chi connectivity index (χ2n) is 18.3. The number of aliphatic imine (C=N–C) groups is 2. The van der Waals surface area contributed by atoms with Crippen LogP contribution in [0.25, 0.3) is 0 Å². The van der Waals surface area contributed by atoms with Crippen molar-refractivity contribution in [1.82, 2.24) is 20.0 Å². The van der Waals surface area contributed by atoms with E-state index >= 15 is 0 Å². The van der Waals surface area contributed by atoms with Gasteiger partial charge in [-0.25, -0.2) is 29.2 Å². The van der Waals surface area contributed by atoms with Crippen LogP contribution in [0.15, 0.2) is 33.7 Å². The molecule has 2 aliphatic rings. The summed E-state index contributed by atoms with van der Waals surface area (Å²) in [5.74, 6) is -6.24. The van der Waals surface area contributed by atoms with Gasteiger partial charge in [-0.3, -0.25) is 9.69 Å². The first-order valence-corrected chi connectivity index (χ1v) is 25.9. The number of hydrogen-bond acceptors (Lipinski definition) is 22. The third kappa shape index (κ3) is 26.8. The second kappa shape index (κ2) is 38.7. The summed E-state index contributed by atoms with van der Waals surface area (Å²) in [5, 5.41) is 63.1. The fourth-order valence-corrected chi connectivity index (χ4v) is 7.78. The average molecular weight is 1140 g/mol. The van der Waals surface area contributed by atoms with E-state index in [-0.39, 0.29) is 38.9 Å². The lowest BCUT2D eigenvalue weighted by molar-refractivity contribution is -0.148. The molecule has 2 heterocycles. The number of carboxylic acid groups (broad SMARTS) is 2. The predicted molar refractivity (Wildman–Crippen MR) is 280 cm³/mol. The number of carboxylic acids is 2. The van der Waals surface area contributed by atoms with Crippen LogP contribution in [0, 0.1) is 5.92 Å². The van der Waals surface area contributed by atoms with Crippen LogP contribution in [0.2, 0.25) is 0 Å². The first-order chi connectivity index (χ1) is 37.6. The maximum atomic E-state index is 13.5. The molecule has 0 aromatic carbocycles.